The summed E-state index contributed by atoms with van der Waals surface area (Å²) in [6, 6.07) is 4.54. The van der Waals surface area contributed by atoms with Gasteiger partial charge in [-0.1, -0.05) is 13.0 Å². The van der Waals surface area contributed by atoms with Gasteiger partial charge in [0.15, 0.2) is 0 Å². The van der Waals surface area contributed by atoms with Gasteiger partial charge in [0.1, 0.15) is 0 Å². The van der Waals surface area contributed by atoms with Gasteiger partial charge in [-0.2, -0.15) is 0 Å². The summed E-state index contributed by atoms with van der Waals surface area (Å²) in [5, 5.41) is 3.51. The summed E-state index contributed by atoms with van der Waals surface area (Å²) in [6.45, 7) is 7.36. The summed E-state index contributed by atoms with van der Waals surface area (Å²) in [6.07, 6.45) is 5.73. The van der Waals surface area contributed by atoms with Crippen LogP contribution in [0.3, 0.4) is 0 Å². The molecule has 17 heavy (non-hydrogen) atoms. The van der Waals surface area contributed by atoms with Gasteiger partial charge in [0, 0.05) is 25.5 Å². The molecule has 1 atom stereocenters. The van der Waals surface area contributed by atoms with Crippen LogP contribution in [-0.4, -0.2) is 30.3 Å². The number of nitrogens with one attached hydrogen (secondary N) is 1. The fraction of sp³-hybridized carbons (Fsp3) is 0.643. The molecule has 0 bridgehead atoms. The highest BCUT2D eigenvalue weighted by molar-refractivity contribution is 5.10. The number of nitrogens with zero attached hydrogens (tertiary/aromatic N) is 1. The van der Waals surface area contributed by atoms with E-state index in [0.29, 0.717) is 6.04 Å². The van der Waals surface area contributed by atoms with Crippen molar-refractivity contribution in [3.05, 3.63) is 30.1 Å². The van der Waals surface area contributed by atoms with E-state index in [1.54, 1.807) is 7.11 Å². The Bertz CT molecular complexity index is 311. The van der Waals surface area contributed by atoms with Crippen molar-refractivity contribution in [1.82, 2.24) is 10.3 Å². The fourth-order valence-electron chi connectivity index (χ4n) is 1.99. The lowest BCUT2D eigenvalue weighted by atomic mass is 9.94. The monoisotopic (exact) mass is 236 g/mol. The highest BCUT2D eigenvalue weighted by atomic mass is 16.5. The van der Waals surface area contributed by atoms with Crippen molar-refractivity contribution < 1.29 is 4.74 Å². The molecule has 0 aromatic carbocycles. The summed E-state index contributed by atoms with van der Waals surface area (Å²) < 4.78 is 5.50. The Kier molecular flexibility index (Phi) is 5.59. The molecule has 0 fully saturated rings. The van der Waals surface area contributed by atoms with Crippen molar-refractivity contribution in [2.45, 2.75) is 45.3 Å². The van der Waals surface area contributed by atoms with Gasteiger partial charge in [0.25, 0.3) is 0 Å². The largest absolute Gasteiger partial charge is 0.379 e. The molecule has 1 aromatic rings. The second kappa shape index (κ2) is 6.72. The lowest BCUT2D eigenvalue weighted by Crippen LogP contribution is -2.39. The zero-order chi connectivity index (χ0) is 12.7. The molecule has 0 saturated heterocycles. The standard InChI is InChI=1S/C14H24N2O/c1-5-16-13(10-14(2,3)17-4)9-12-7-6-8-15-11-12/h6-8,11,13,16H,5,9-10H2,1-4H3. The molecule has 1 N–H and O–H groups in total. The molecule has 3 nitrogen and oxygen atoms in total. The third-order valence-corrected chi connectivity index (χ3v) is 2.99. The van der Waals surface area contributed by atoms with Gasteiger partial charge in [-0.15, -0.1) is 0 Å². The van der Waals surface area contributed by atoms with Gasteiger partial charge >= 0.3 is 0 Å². The van der Waals surface area contributed by atoms with Crippen LogP contribution in [0.1, 0.15) is 32.8 Å². The fourth-order valence-corrected chi connectivity index (χ4v) is 1.99. The Morgan fingerprint density at radius 2 is 2.24 bits per heavy atom. The summed E-state index contributed by atoms with van der Waals surface area (Å²) in [7, 11) is 1.77. The Labute approximate surface area is 105 Å². The van der Waals surface area contributed by atoms with E-state index in [2.05, 4.69) is 37.1 Å². The van der Waals surface area contributed by atoms with E-state index in [0.717, 1.165) is 19.4 Å². The zero-order valence-corrected chi connectivity index (χ0v) is 11.4. The Morgan fingerprint density at radius 3 is 2.76 bits per heavy atom. The average molecular weight is 236 g/mol. The number of hydrogen-bond donors (Lipinski definition) is 1. The summed E-state index contributed by atoms with van der Waals surface area (Å²) in [4.78, 5) is 4.16. The Hall–Kier alpha value is -0.930. The predicted octanol–water partition coefficient (Wildman–Crippen LogP) is 2.42. The van der Waals surface area contributed by atoms with Gasteiger partial charge in [0.2, 0.25) is 0 Å². The molecule has 1 heterocycles. The third kappa shape index (κ3) is 5.29. The highest BCUT2D eigenvalue weighted by Crippen LogP contribution is 2.18. The van der Waals surface area contributed by atoms with Gasteiger partial charge in [-0.05, 0) is 44.9 Å². The van der Waals surface area contributed by atoms with Crippen molar-refractivity contribution in [2.24, 2.45) is 0 Å². The van der Waals surface area contributed by atoms with E-state index in [1.165, 1.54) is 5.56 Å². The van der Waals surface area contributed by atoms with Gasteiger partial charge in [-0.25, -0.2) is 0 Å². The Balaban J connectivity index is 2.60. The average Bonchev–Trinajstić information content (AvgIpc) is 2.30. The molecule has 3 heteroatoms. The van der Waals surface area contributed by atoms with Crippen LogP contribution in [0.2, 0.25) is 0 Å². The van der Waals surface area contributed by atoms with Gasteiger partial charge in [-0.3, -0.25) is 4.98 Å². The predicted molar refractivity (Wildman–Crippen MR) is 71.1 cm³/mol. The summed E-state index contributed by atoms with van der Waals surface area (Å²) in [5.41, 5.74) is 1.18. The van der Waals surface area contributed by atoms with Crippen LogP contribution in [0.25, 0.3) is 0 Å². The maximum atomic E-state index is 5.50. The first kappa shape index (κ1) is 14.1. The summed E-state index contributed by atoms with van der Waals surface area (Å²) >= 11 is 0. The molecule has 1 rings (SSSR count). The minimum atomic E-state index is -0.0882. The molecule has 1 aromatic heterocycles. The molecular formula is C14H24N2O. The normalized spacial score (nSPS) is 13.6. The molecule has 0 aliphatic rings. The van der Waals surface area contributed by atoms with Crippen molar-refractivity contribution in [1.29, 1.82) is 0 Å². The van der Waals surface area contributed by atoms with Crippen molar-refractivity contribution in [3.63, 3.8) is 0 Å². The SMILES string of the molecule is CCNC(Cc1cccnc1)CC(C)(C)OC. The number of likely N-dealkylation sites (N-methyl/N-ethyl adjacent to an activating group) is 1. The first-order valence-electron chi connectivity index (χ1n) is 6.25. The van der Waals surface area contributed by atoms with E-state index in [4.69, 9.17) is 4.74 Å². The second-order valence-electron chi connectivity index (χ2n) is 4.99. The van der Waals surface area contributed by atoms with Gasteiger partial charge in [0.05, 0.1) is 5.60 Å². The zero-order valence-electron chi connectivity index (χ0n) is 11.4. The van der Waals surface area contributed by atoms with Crippen LogP contribution >= 0.6 is 0 Å². The van der Waals surface area contributed by atoms with Crippen LogP contribution < -0.4 is 5.32 Å². The molecule has 96 valence electrons. The summed E-state index contributed by atoms with van der Waals surface area (Å²) in [5.74, 6) is 0. The van der Waals surface area contributed by atoms with Crippen LogP contribution in [0, 0.1) is 0 Å². The third-order valence-electron chi connectivity index (χ3n) is 2.99. The maximum absolute atomic E-state index is 5.50. The number of methoxy groups -OCH3 is 1. The molecule has 0 radical (unpaired) electrons. The minimum Gasteiger partial charge on any atom is -0.379 e. The molecular weight excluding hydrogens is 212 g/mol. The number of hydrogen-bond acceptors (Lipinski definition) is 3. The number of rotatable bonds is 7. The molecule has 0 aliphatic heterocycles. The van der Waals surface area contributed by atoms with E-state index < -0.39 is 0 Å². The van der Waals surface area contributed by atoms with Crippen LogP contribution in [0.4, 0.5) is 0 Å². The smallest absolute Gasteiger partial charge is 0.0637 e. The number of aromatic nitrogens is 1. The lowest BCUT2D eigenvalue weighted by molar-refractivity contribution is 0.00726. The van der Waals surface area contributed by atoms with E-state index in [9.17, 15) is 0 Å². The van der Waals surface area contributed by atoms with Crippen molar-refractivity contribution in [2.75, 3.05) is 13.7 Å². The molecule has 0 spiro atoms. The van der Waals surface area contributed by atoms with Gasteiger partial charge < -0.3 is 10.1 Å². The Morgan fingerprint density at radius 1 is 1.47 bits per heavy atom. The first-order valence-corrected chi connectivity index (χ1v) is 6.25. The number of pyridine rings is 1. The minimum absolute atomic E-state index is 0.0882. The van der Waals surface area contributed by atoms with Crippen molar-refractivity contribution in [3.8, 4) is 0 Å². The van der Waals surface area contributed by atoms with Crippen molar-refractivity contribution >= 4 is 0 Å². The number of ether oxygens (including phenoxy) is 1. The molecule has 0 saturated carbocycles. The quantitative estimate of drug-likeness (QED) is 0.789. The van der Waals surface area contributed by atoms with E-state index >= 15 is 0 Å². The second-order valence-corrected chi connectivity index (χ2v) is 4.99. The van der Waals surface area contributed by atoms with Crippen LogP contribution in [-0.2, 0) is 11.2 Å². The first-order chi connectivity index (χ1) is 8.07. The highest BCUT2D eigenvalue weighted by Gasteiger charge is 2.22. The molecule has 1 unspecified atom stereocenters. The lowest BCUT2D eigenvalue weighted by Gasteiger charge is -2.29. The van der Waals surface area contributed by atoms with Crippen LogP contribution in [0.5, 0.6) is 0 Å². The van der Waals surface area contributed by atoms with E-state index in [-0.39, 0.29) is 5.60 Å². The molecule has 0 amide bonds. The maximum Gasteiger partial charge on any atom is 0.0637 e. The van der Waals surface area contributed by atoms with Crippen LogP contribution in [0.15, 0.2) is 24.5 Å². The molecule has 0 aliphatic carbocycles. The topological polar surface area (TPSA) is 34.2 Å². The van der Waals surface area contributed by atoms with E-state index in [1.807, 2.05) is 18.5 Å².